The fourth-order valence-corrected chi connectivity index (χ4v) is 2.02. The van der Waals surface area contributed by atoms with E-state index in [0.717, 1.165) is 32.8 Å². The molecule has 4 nitrogen and oxygen atoms in total. The highest BCUT2D eigenvalue weighted by Crippen LogP contribution is 2.09. The number of likely N-dealkylation sites (N-methyl/N-ethyl adjacent to an activating group) is 1. The summed E-state index contributed by atoms with van der Waals surface area (Å²) in [5, 5.41) is 0. The van der Waals surface area contributed by atoms with Crippen molar-refractivity contribution in [1.82, 2.24) is 9.80 Å². The Morgan fingerprint density at radius 1 is 1.47 bits per heavy atom. The summed E-state index contributed by atoms with van der Waals surface area (Å²) in [5.41, 5.74) is 5.91. The van der Waals surface area contributed by atoms with Crippen molar-refractivity contribution in [3.63, 3.8) is 0 Å². The van der Waals surface area contributed by atoms with Crippen LogP contribution in [-0.2, 0) is 4.74 Å². The topological polar surface area (TPSA) is 41.7 Å². The molecule has 1 aliphatic rings. The summed E-state index contributed by atoms with van der Waals surface area (Å²) < 4.78 is 5.71. The fourth-order valence-electron chi connectivity index (χ4n) is 2.02. The van der Waals surface area contributed by atoms with Gasteiger partial charge < -0.3 is 15.4 Å². The molecule has 0 aromatic rings. The van der Waals surface area contributed by atoms with Crippen LogP contribution in [0, 0.1) is 0 Å². The molecule has 0 aliphatic carbocycles. The molecule has 1 atom stereocenters. The largest absolute Gasteiger partial charge is 0.374 e. The first kappa shape index (κ1) is 12.9. The van der Waals surface area contributed by atoms with Gasteiger partial charge in [-0.1, -0.05) is 0 Å². The summed E-state index contributed by atoms with van der Waals surface area (Å²) in [7, 11) is 4.16. The van der Waals surface area contributed by atoms with E-state index in [4.69, 9.17) is 10.5 Å². The molecule has 1 fully saturated rings. The van der Waals surface area contributed by atoms with Crippen LogP contribution < -0.4 is 5.73 Å². The summed E-state index contributed by atoms with van der Waals surface area (Å²) in [4.78, 5) is 4.57. The molecule has 0 aromatic carbocycles. The zero-order valence-electron chi connectivity index (χ0n) is 10.5. The molecule has 1 rings (SSSR count). The van der Waals surface area contributed by atoms with E-state index < -0.39 is 0 Å². The van der Waals surface area contributed by atoms with Gasteiger partial charge in [-0.25, -0.2) is 0 Å². The van der Waals surface area contributed by atoms with E-state index >= 15 is 0 Å². The van der Waals surface area contributed by atoms with Gasteiger partial charge in [0.1, 0.15) is 0 Å². The second-order valence-corrected chi connectivity index (χ2v) is 5.48. The maximum absolute atomic E-state index is 6.02. The Morgan fingerprint density at radius 3 is 2.67 bits per heavy atom. The van der Waals surface area contributed by atoms with Gasteiger partial charge in [0, 0.05) is 31.7 Å². The smallest absolute Gasteiger partial charge is 0.0829 e. The predicted molar refractivity (Wildman–Crippen MR) is 63.0 cm³/mol. The van der Waals surface area contributed by atoms with Gasteiger partial charge in [0.05, 0.1) is 12.7 Å². The van der Waals surface area contributed by atoms with Gasteiger partial charge in [0.25, 0.3) is 0 Å². The van der Waals surface area contributed by atoms with Gasteiger partial charge in [-0.05, 0) is 27.9 Å². The van der Waals surface area contributed by atoms with Crippen LogP contribution in [0.5, 0.6) is 0 Å². The Bertz CT molecular complexity index is 189. The molecular weight excluding hydrogens is 190 g/mol. The van der Waals surface area contributed by atoms with E-state index in [1.165, 1.54) is 0 Å². The number of hydrogen-bond acceptors (Lipinski definition) is 4. The van der Waals surface area contributed by atoms with E-state index in [0.29, 0.717) is 6.10 Å². The normalized spacial score (nSPS) is 24.8. The lowest BCUT2D eigenvalue weighted by Crippen LogP contribution is -2.53. The summed E-state index contributed by atoms with van der Waals surface area (Å²) in [6.07, 6.45) is 0.330. The quantitative estimate of drug-likeness (QED) is 0.716. The van der Waals surface area contributed by atoms with Crippen LogP contribution in [0.2, 0.25) is 0 Å². The van der Waals surface area contributed by atoms with Gasteiger partial charge in [-0.3, -0.25) is 4.90 Å². The van der Waals surface area contributed by atoms with Crippen molar-refractivity contribution in [2.24, 2.45) is 5.73 Å². The van der Waals surface area contributed by atoms with Gasteiger partial charge in [-0.2, -0.15) is 0 Å². The third-order valence-corrected chi connectivity index (χ3v) is 2.42. The number of nitrogens with two attached hydrogens (primary N) is 1. The van der Waals surface area contributed by atoms with Crippen LogP contribution in [-0.4, -0.2) is 68.3 Å². The van der Waals surface area contributed by atoms with E-state index in [-0.39, 0.29) is 5.54 Å². The monoisotopic (exact) mass is 215 g/mol. The van der Waals surface area contributed by atoms with Crippen LogP contribution in [0.15, 0.2) is 0 Å². The minimum atomic E-state index is -0.111. The van der Waals surface area contributed by atoms with Gasteiger partial charge in [-0.15, -0.1) is 0 Å². The van der Waals surface area contributed by atoms with Crippen LogP contribution in [0.1, 0.15) is 13.8 Å². The molecule has 0 aromatic heterocycles. The second kappa shape index (κ2) is 5.25. The Morgan fingerprint density at radius 2 is 2.13 bits per heavy atom. The van der Waals surface area contributed by atoms with Gasteiger partial charge >= 0.3 is 0 Å². The molecule has 0 saturated carbocycles. The molecule has 2 N–H and O–H groups in total. The zero-order valence-corrected chi connectivity index (χ0v) is 10.5. The number of morpholine rings is 1. The van der Waals surface area contributed by atoms with E-state index in [1.807, 2.05) is 0 Å². The van der Waals surface area contributed by atoms with Crippen molar-refractivity contribution < 1.29 is 4.74 Å². The number of ether oxygens (including phenoxy) is 1. The molecule has 1 heterocycles. The Hall–Kier alpha value is -0.160. The maximum Gasteiger partial charge on any atom is 0.0829 e. The van der Waals surface area contributed by atoms with E-state index in [1.54, 1.807) is 0 Å². The first-order chi connectivity index (χ1) is 6.87. The van der Waals surface area contributed by atoms with Gasteiger partial charge in [0.15, 0.2) is 0 Å². The molecule has 0 radical (unpaired) electrons. The third-order valence-electron chi connectivity index (χ3n) is 2.42. The average Bonchev–Trinajstić information content (AvgIpc) is 1.99. The molecule has 4 heteroatoms. The van der Waals surface area contributed by atoms with Crippen molar-refractivity contribution in [2.75, 3.05) is 46.9 Å². The first-order valence-electron chi connectivity index (χ1n) is 5.64. The summed E-state index contributed by atoms with van der Waals surface area (Å²) in [6.45, 7) is 8.91. The number of rotatable bonds is 4. The Kier molecular flexibility index (Phi) is 4.52. The van der Waals surface area contributed by atoms with Crippen LogP contribution in [0.25, 0.3) is 0 Å². The van der Waals surface area contributed by atoms with Crippen molar-refractivity contribution in [3.05, 3.63) is 0 Å². The van der Waals surface area contributed by atoms with Crippen molar-refractivity contribution in [1.29, 1.82) is 0 Å². The molecular formula is C11H25N3O. The molecule has 1 saturated heterocycles. The summed E-state index contributed by atoms with van der Waals surface area (Å²) in [5.74, 6) is 0. The zero-order chi connectivity index (χ0) is 11.5. The van der Waals surface area contributed by atoms with Crippen LogP contribution >= 0.6 is 0 Å². The highest BCUT2D eigenvalue weighted by Gasteiger charge is 2.24. The number of nitrogens with zero attached hydrogens (tertiary/aromatic N) is 2. The third kappa shape index (κ3) is 5.47. The van der Waals surface area contributed by atoms with E-state index in [2.05, 4.69) is 37.7 Å². The molecule has 90 valence electrons. The maximum atomic E-state index is 6.02. The lowest BCUT2D eigenvalue weighted by Gasteiger charge is -2.37. The predicted octanol–water partition coefficient (Wildman–Crippen LogP) is -0.0139. The minimum absolute atomic E-state index is 0.111. The lowest BCUT2D eigenvalue weighted by molar-refractivity contribution is -0.0421. The second-order valence-electron chi connectivity index (χ2n) is 5.48. The molecule has 0 amide bonds. The summed E-state index contributed by atoms with van der Waals surface area (Å²) >= 11 is 0. The van der Waals surface area contributed by atoms with Crippen LogP contribution in [0.3, 0.4) is 0 Å². The lowest BCUT2D eigenvalue weighted by atomic mass is 10.1. The fraction of sp³-hybridized carbons (Fsp3) is 1.00. The van der Waals surface area contributed by atoms with E-state index in [9.17, 15) is 0 Å². The van der Waals surface area contributed by atoms with Crippen molar-refractivity contribution in [3.8, 4) is 0 Å². The Labute approximate surface area is 93.4 Å². The highest BCUT2D eigenvalue weighted by molar-refractivity contribution is 4.81. The SMILES string of the molecule is CN(C)CC1CN(CC(C)(C)N)CCO1. The summed E-state index contributed by atoms with van der Waals surface area (Å²) in [6, 6.07) is 0. The Balaban J connectivity index is 2.35. The standard InChI is InChI=1S/C11H25N3O/c1-11(2,12)9-14-5-6-15-10(8-14)7-13(3)4/h10H,5-9,12H2,1-4H3. The molecule has 0 bridgehead atoms. The molecule has 0 spiro atoms. The molecule has 1 unspecified atom stereocenters. The number of hydrogen-bond donors (Lipinski definition) is 1. The van der Waals surface area contributed by atoms with Gasteiger partial charge in [0.2, 0.25) is 0 Å². The molecule has 1 aliphatic heterocycles. The first-order valence-corrected chi connectivity index (χ1v) is 5.64. The van der Waals surface area contributed by atoms with Crippen molar-refractivity contribution in [2.45, 2.75) is 25.5 Å². The molecule has 15 heavy (non-hydrogen) atoms. The van der Waals surface area contributed by atoms with Crippen LogP contribution in [0.4, 0.5) is 0 Å². The van der Waals surface area contributed by atoms with Crippen molar-refractivity contribution >= 4 is 0 Å². The highest BCUT2D eigenvalue weighted by atomic mass is 16.5. The average molecular weight is 215 g/mol. The minimum Gasteiger partial charge on any atom is -0.374 e.